The highest BCUT2D eigenvalue weighted by molar-refractivity contribution is 7.17. The lowest BCUT2D eigenvalue weighted by molar-refractivity contribution is 0.415. The number of methoxy groups -OCH3 is 1. The molecule has 0 spiro atoms. The van der Waals surface area contributed by atoms with Crippen LogP contribution in [0.25, 0.3) is 21.3 Å². The van der Waals surface area contributed by atoms with Crippen LogP contribution in [0.2, 0.25) is 0 Å². The second kappa shape index (κ2) is 6.39. The maximum atomic E-state index is 12.7. The van der Waals surface area contributed by atoms with Crippen molar-refractivity contribution in [3.63, 3.8) is 0 Å². The predicted molar refractivity (Wildman–Crippen MR) is 94.4 cm³/mol. The van der Waals surface area contributed by atoms with Gasteiger partial charge in [0, 0.05) is 31.1 Å². The van der Waals surface area contributed by atoms with Crippen LogP contribution < -0.4 is 21.3 Å². The van der Waals surface area contributed by atoms with E-state index in [2.05, 4.69) is 10.3 Å². The smallest absolute Gasteiger partial charge is 0.264 e. The van der Waals surface area contributed by atoms with Gasteiger partial charge in [0.25, 0.3) is 5.56 Å². The molecule has 0 radical (unpaired) electrons. The maximum absolute atomic E-state index is 12.7. The lowest BCUT2D eigenvalue weighted by Crippen LogP contribution is -2.24. The van der Waals surface area contributed by atoms with Crippen molar-refractivity contribution in [2.75, 3.05) is 25.5 Å². The van der Waals surface area contributed by atoms with Crippen molar-refractivity contribution < 1.29 is 4.74 Å². The molecule has 7 heteroatoms. The van der Waals surface area contributed by atoms with E-state index in [1.54, 1.807) is 14.2 Å². The summed E-state index contributed by atoms with van der Waals surface area (Å²) < 4.78 is 6.79. The number of nitrogens with one attached hydrogen (secondary N) is 1. The number of thiophene rings is 1. The van der Waals surface area contributed by atoms with Crippen molar-refractivity contribution in [2.45, 2.75) is 0 Å². The summed E-state index contributed by atoms with van der Waals surface area (Å²) in [6, 6.07) is 7.67. The van der Waals surface area contributed by atoms with Crippen LogP contribution in [0, 0.1) is 0 Å². The van der Waals surface area contributed by atoms with Gasteiger partial charge >= 0.3 is 0 Å². The molecular weight excluding hydrogens is 312 g/mol. The Morgan fingerprint density at radius 3 is 3.00 bits per heavy atom. The first-order valence-corrected chi connectivity index (χ1v) is 8.10. The summed E-state index contributed by atoms with van der Waals surface area (Å²) in [6.45, 7) is 1.05. The molecule has 3 N–H and O–H groups in total. The highest BCUT2D eigenvalue weighted by Crippen LogP contribution is 2.33. The van der Waals surface area contributed by atoms with Crippen molar-refractivity contribution in [1.82, 2.24) is 9.55 Å². The Morgan fingerprint density at radius 2 is 2.26 bits per heavy atom. The molecule has 0 amide bonds. The summed E-state index contributed by atoms with van der Waals surface area (Å²) in [4.78, 5) is 18.0. The number of hydrogen-bond donors (Lipinski definition) is 2. The van der Waals surface area contributed by atoms with Crippen LogP contribution in [0.5, 0.6) is 5.75 Å². The molecule has 0 aliphatic rings. The zero-order valence-corrected chi connectivity index (χ0v) is 13.8. The standard InChI is InChI=1S/C16H18N4O2S/c1-20-15(21)13-12(10-4-3-5-11(8-10)22-2)9-23-14(13)19-16(20)18-7-6-17/h3-5,8-9H,6-7,17H2,1-2H3,(H,18,19). The lowest BCUT2D eigenvalue weighted by Gasteiger charge is -2.09. The zero-order chi connectivity index (χ0) is 16.4. The van der Waals surface area contributed by atoms with Gasteiger partial charge in [-0.15, -0.1) is 11.3 Å². The second-order valence-electron chi connectivity index (χ2n) is 5.08. The molecule has 0 atom stereocenters. The van der Waals surface area contributed by atoms with E-state index >= 15 is 0 Å². The minimum Gasteiger partial charge on any atom is -0.497 e. The second-order valence-corrected chi connectivity index (χ2v) is 5.93. The van der Waals surface area contributed by atoms with Gasteiger partial charge in [-0.1, -0.05) is 12.1 Å². The maximum Gasteiger partial charge on any atom is 0.264 e. The Hall–Kier alpha value is -2.38. The Kier molecular flexibility index (Phi) is 4.31. The number of anilines is 1. The monoisotopic (exact) mass is 330 g/mol. The lowest BCUT2D eigenvalue weighted by atomic mass is 10.1. The third-order valence-corrected chi connectivity index (χ3v) is 4.50. The van der Waals surface area contributed by atoms with Crippen LogP contribution in [-0.4, -0.2) is 29.8 Å². The molecular formula is C16H18N4O2S. The number of nitrogens with two attached hydrogens (primary N) is 1. The van der Waals surface area contributed by atoms with Gasteiger partial charge in [-0.3, -0.25) is 9.36 Å². The number of aromatic nitrogens is 2. The Bertz CT molecular complexity index is 901. The van der Waals surface area contributed by atoms with Crippen LogP contribution in [0.3, 0.4) is 0 Å². The molecule has 6 nitrogen and oxygen atoms in total. The number of benzene rings is 1. The van der Waals surface area contributed by atoms with Crippen molar-refractivity contribution in [2.24, 2.45) is 12.8 Å². The molecule has 3 rings (SSSR count). The largest absolute Gasteiger partial charge is 0.497 e. The molecule has 2 heterocycles. The predicted octanol–water partition coefficient (Wildman–Crippen LogP) is 2.04. The van der Waals surface area contributed by atoms with Crippen LogP contribution >= 0.6 is 11.3 Å². The molecule has 0 fully saturated rings. The summed E-state index contributed by atoms with van der Waals surface area (Å²) in [5.41, 5.74) is 7.24. The SMILES string of the molecule is COc1cccc(-c2csc3nc(NCCN)n(C)c(=O)c23)c1. The molecule has 0 aliphatic carbocycles. The third kappa shape index (κ3) is 2.80. The van der Waals surface area contributed by atoms with Gasteiger partial charge in [0.05, 0.1) is 12.5 Å². The number of rotatable bonds is 5. The van der Waals surface area contributed by atoms with Gasteiger partial charge < -0.3 is 15.8 Å². The number of ether oxygens (including phenoxy) is 1. The molecule has 3 aromatic rings. The van der Waals surface area contributed by atoms with Crippen molar-refractivity contribution in [3.05, 3.63) is 40.0 Å². The van der Waals surface area contributed by atoms with Gasteiger partial charge in [-0.2, -0.15) is 0 Å². The van der Waals surface area contributed by atoms with E-state index in [9.17, 15) is 4.79 Å². The topological polar surface area (TPSA) is 82.2 Å². The molecule has 0 saturated heterocycles. The molecule has 1 aromatic carbocycles. The van der Waals surface area contributed by atoms with Gasteiger partial charge in [-0.25, -0.2) is 4.98 Å². The molecule has 0 bridgehead atoms. The first-order valence-electron chi connectivity index (χ1n) is 7.22. The summed E-state index contributed by atoms with van der Waals surface area (Å²) in [5, 5.41) is 5.66. The minimum atomic E-state index is -0.0754. The van der Waals surface area contributed by atoms with E-state index in [-0.39, 0.29) is 5.56 Å². The molecule has 0 aliphatic heterocycles. The van der Waals surface area contributed by atoms with Crippen LogP contribution in [-0.2, 0) is 7.05 Å². The Labute approximate surface area is 137 Å². The first kappa shape index (κ1) is 15.5. The van der Waals surface area contributed by atoms with Gasteiger partial charge in [0.15, 0.2) is 0 Å². The van der Waals surface area contributed by atoms with E-state index in [1.165, 1.54) is 15.9 Å². The summed E-state index contributed by atoms with van der Waals surface area (Å²) in [7, 11) is 3.33. The number of nitrogens with zero attached hydrogens (tertiary/aromatic N) is 2. The van der Waals surface area contributed by atoms with E-state index in [4.69, 9.17) is 10.5 Å². The van der Waals surface area contributed by atoms with Crippen LogP contribution in [0.1, 0.15) is 0 Å². The highest BCUT2D eigenvalue weighted by Gasteiger charge is 2.15. The van der Waals surface area contributed by atoms with Gasteiger partial charge in [0.2, 0.25) is 5.95 Å². The Morgan fingerprint density at radius 1 is 1.43 bits per heavy atom. The fourth-order valence-corrected chi connectivity index (χ4v) is 3.35. The van der Waals surface area contributed by atoms with E-state index in [1.807, 2.05) is 29.6 Å². The molecule has 23 heavy (non-hydrogen) atoms. The number of fused-ring (bicyclic) bond motifs is 1. The Balaban J connectivity index is 2.17. The molecule has 120 valence electrons. The molecule has 0 saturated carbocycles. The van der Waals surface area contributed by atoms with Crippen molar-refractivity contribution >= 4 is 27.5 Å². The summed E-state index contributed by atoms with van der Waals surface area (Å²) in [6.07, 6.45) is 0. The normalized spacial score (nSPS) is 10.9. The third-order valence-electron chi connectivity index (χ3n) is 3.62. The summed E-state index contributed by atoms with van der Waals surface area (Å²) >= 11 is 1.46. The average Bonchev–Trinajstić information content (AvgIpc) is 3.01. The van der Waals surface area contributed by atoms with E-state index in [0.29, 0.717) is 29.3 Å². The summed E-state index contributed by atoms with van der Waals surface area (Å²) in [5.74, 6) is 1.29. The van der Waals surface area contributed by atoms with Gasteiger partial charge in [-0.05, 0) is 17.7 Å². The van der Waals surface area contributed by atoms with E-state index < -0.39 is 0 Å². The van der Waals surface area contributed by atoms with Crippen LogP contribution in [0.4, 0.5) is 5.95 Å². The van der Waals surface area contributed by atoms with Crippen molar-refractivity contribution in [3.8, 4) is 16.9 Å². The van der Waals surface area contributed by atoms with Crippen molar-refractivity contribution in [1.29, 1.82) is 0 Å². The average molecular weight is 330 g/mol. The van der Waals surface area contributed by atoms with Crippen LogP contribution in [0.15, 0.2) is 34.4 Å². The number of hydrogen-bond acceptors (Lipinski definition) is 6. The highest BCUT2D eigenvalue weighted by atomic mass is 32.1. The van der Waals surface area contributed by atoms with E-state index in [0.717, 1.165) is 16.9 Å². The fourth-order valence-electron chi connectivity index (χ4n) is 2.42. The first-order chi connectivity index (χ1) is 11.2. The van der Waals surface area contributed by atoms with Gasteiger partial charge in [0.1, 0.15) is 10.6 Å². The minimum absolute atomic E-state index is 0.0754. The molecule has 2 aromatic heterocycles. The quantitative estimate of drug-likeness (QED) is 0.748. The zero-order valence-electron chi connectivity index (χ0n) is 13.0. The fraction of sp³-hybridized carbons (Fsp3) is 0.250. The molecule has 0 unspecified atom stereocenters.